The van der Waals surface area contributed by atoms with Gasteiger partial charge < -0.3 is 14.4 Å². The van der Waals surface area contributed by atoms with Gasteiger partial charge >= 0.3 is 0 Å². The summed E-state index contributed by atoms with van der Waals surface area (Å²) in [6.45, 7) is 1.28. The number of ether oxygens (including phenoxy) is 2. The highest BCUT2D eigenvalue weighted by molar-refractivity contribution is 7.89. The fourth-order valence-electron chi connectivity index (χ4n) is 3.41. The first-order valence-corrected chi connectivity index (χ1v) is 11.1. The molecule has 7 nitrogen and oxygen atoms in total. The molecule has 2 aromatic rings. The van der Waals surface area contributed by atoms with Crippen LogP contribution in [0.2, 0.25) is 0 Å². The van der Waals surface area contributed by atoms with Crippen molar-refractivity contribution in [2.24, 2.45) is 0 Å². The number of sulfonamides is 1. The number of hydrogen-bond acceptors (Lipinski definition) is 5. The van der Waals surface area contributed by atoms with Crippen molar-refractivity contribution in [3.63, 3.8) is 0 Å². The minimum absolute atomic E-state index is 0.0893. The van der Waals surface area contributed by atoms with Crippen molar-refractivity contribution < 1.29 is 31.5 Å². The van der Waals surface area contributed by atoms with Crippen molar-refractivity contribution in [1.29, 1.82) is 0 Å². The zero-order chi connectivity index (χ0) is 22.0. The van der Waals surface area contributed by atoms with Crippen LogP contribution in [0, 0.1) is 11.6 Å². The van der Waals surface area contributed by atoms with Crippen molar-refractivity contribution in [3.05, 3.63) is 59.7 Å². The van der Waals surface area contributed by atoms with E-state index in [1.165, 1.54) is 27.4 Å². The standard InChI is InChI=1S/C21H20F2N2O5S/c22-17-2-1-3-18(23)16(17)5-7-21(26)24-8-10-25(11-9-24)31(27,28)15-4-6-19-20(14-15)30-13-12-29-19/h1-7,14H,8-13H2/b7-5+. The summed E-state index contributed by atoms with van der Waals surface area (Å²) in [6, 6.07) is 7.92. The van der Waals surface area contributed by atoms with Crippen LogP contribution in [0.5, 0.6) is 11.5 Å². The Bertz CT molecular complexity index is 1110. The summed E-state index contributed by atoms with van der Waals surface area (Å²) < 4.78 is 65.5. The van der Waals surface area contributed by atoms with Crippen LogP contribution in [-0.2, 0) is 14.8 Å². The van der Waals surface area contributed by atoms with Crippen LogP contribution in [0.1, 0.15) is 5.56 Å². The van der Waals surface area contributed by atoms with Gasteiger partial charge in [0.25, 0.3) is 0 Å². The minimum atomic E-state index is -3.77. The van der Waals surface area contributed by atoms with E-state index < -0.39 is 27.6 Å². The molecule has 2 aliphatic rings. The molecule has 0 aliphatic carbocycles. The minimum Gasteiger partial charge on any atom is -0.486 e. The number of hydrogen-bond donors (Lipinski definition) is 0. The molecule has 10 heteroatoms. The Morgan fingerprint density at radius 2 is 1.58 bits per heavy atom. The number of fused-ring (bicyclic) bond motifs is 1. The number of carbonyl (C=O) groups excluding carboxylic acids is 1. The Balaban J connectivity index is 1.41. The van der Waals surface area contributed by atoms with Gasteiger partial charge in [0.2, 0.25) is 15.9 Å². The average Bonchev–Trinajstić information content (AvgIpc) is 2.78. The van der Waals surface area contributed by atoms with E-state index in [-0.39, 0.29) is 36.6 Å². The second-order valence-corrected chi connectivity index (χ2v) is 8.94. The maximum absolute atomic E-state index is 13.7. The van der Waals surface area contributed by atoms with E-state index in [2.05, 4.69) is 0 Å². The molecule has 0 unspecified atom stereocenters. The molecular weight excluding hydrogens is 430 g/mol. The summed E-state index contributed by atoms with van der Waals surface area (Å²) in [4.78, 5) is 13.9. The van der Waals surface area contributed by atoms with Gasteiger partial charge in [-0.05, 0) is 30.3 Å². The van der Waals surface area contributed by atoms with Gasteiger partial charge in [-0.25, -0.2) is 17.2 Å². The molecule has 0 bridgehead atoms. The predicted molar refractivity (Wildman–Crippen MR) is 108 cm³/mol. The second-order valence-electron chi connectivity index (χ2n) is 7.00. The molecule has 2 heterocycles. The van der Waals surface area contributed by atoms with Crippen LogP contribution in [0.4, 0.5) is 8.78 Å². The average molecular weight is 450 g/mol. The van der Waals surface area contributed by atoms with Gasteiger partial charge in [0.05, 0.1) is 4.90 Å². The number of carbonyl (C=O) groups is 1. The normalized spacial score (nSPS) is 17.2. The van der Waals surface area contributed by atoms with Crippen LogP contribution in [-0.4, -0.2) is 62.9 Å². The van der Waals surface area contributed by atoms with Crippen molar-refractivity contribution in [2.45, 2.75) is 4.90 Å². The summed E-state index contributed by atoms with van der Waals surface area (Å²) in [5, 5.41) is 0. The van der Waals surface area contributed by atoms with Crippen molar-refractivity contribution in [2.75, 3.05) is 39.4 Å². The Morgan fingerprint density at radius 1 is 0.935 bits per heavy atom. The number of nitrogens with zero attached hydrogens (tertiary/aromatic N) is 2. The van der Waals surface area contributed by atoms with Gasteiger partial charge in [-0.1, -0.05) is 6.07 Å². The first-order chi connectivity index (χ1) is 14.9. The summed E-state index contributed by atoms with van der Waals surface area (Å²) >= 11 is 0. The monoisotopic (exact) mass is 450 g/mol. The number of benzene rings is 2. The highest BCUT2D eigenvalue weighted by atomic mass is 32.2. The molecule has 1 saturated heterocycles. The van der Waals surface area contributed by atoms with E-state index in [0.29, 0.717) is 24.7 Å². The van der Waals surface area contributed by atoms with Gasteiger partial charge in [-0.15, -0.1) is 0 Å². The maximum atomic E-state index is 13.7. The summed E-state index contributed by atoms with van der Waals surface area (Å²) in [6.07, 6.45) is 2.18. The molecule has 4 rings (SSSR count). The van der Waals surface area contributed by atoms with E-state index in [4.69, 9.17) is 9.47 Å². The quantitative estimate of drug-likeness (QED) is 0.668. The Kier molecular flexibility index (Phi) is 5.92. The largest absolute Gasteiger partial charge is 0.486 e. The third-order valence-electron chi connectivity index (χ3n) is 5.09. The van der Waals surface area contributed by atoms with E-state index in [9.17, 15) is 22.0 Å². The van der Waals surface area contributed by atoms with Crippen LogP contribution < -0.4 is 9.47 Å². The van der Waals surface area contributed by atoms with E-state index in [0.717, 1.165) is 24.3 Å². The van der Waals surface area contributed by atoms with Gasteiger partial charge in [0, 0.05) is 43.9 Å². The number of halogens is 2. The van der Waals surface area contributed by atoms with E-state index in [1.807, 2.05) is 0 Å². The molecule has 31 heavy (non-hydrogen) atoms. The van der Waals surface area contributed by atoms with E-state index >= 15 is 0 Å². The van der Waals surface area contributed by atoms with Gasteiger partial charge in [-0.3, -0.25) is 4.79 Å². The van der Waals surface area contributed by atoms with Gasteiger partial charge in [0.15, 0.2) is 11.5 Å². The first kappa shape index (κ1) is 21.3. The molecule has 0 radical (unpaired) electrons. The summed E-state index contributed by atoms with van der Waals surface area (Å²) in [7, 11) is -3.77. The fraction of sp³-hybridized carbons (Fsp3) is 0.286. The molecule has 0 N–H and O–H groups in total. The lowest BCUT2D eigenvalue weighted by atomic mass is 10.2. The molecule has 0 spiro atoms. The molecule has 1 fully saturated rings. The second kappa shape index (κ2) is 8.64. The number of rotatable bonds is 4. The summed E-state index contributed by atoms with van der Waals surface area (Å²) in [5.74, 6) is -1.09. The molecular formula is C21H20F2N2O5S. The van der Waals surface area contributed by atoms with Crippen LogP contribution in [0.3, 0.4) is 0 Å². The molecule has 2 aromatic carbocycles. The maximum Gasteiger partial charge on any atom is 0.246 e. The molecule has 0 atom stereocenters. The Labute approximate surface area is 178 Å². The lowest BCUT2D eigenvalue weighted by Crippen LogP contribution is -2.50. The predicted octanol–water partition coefficient (Wildman–Crippen LogP) is 2.28. The van der Waals surface area contributed by atoms with Gasteiger partial charge in [0.1, 0.15) is 24.8 Å². The first-order valence-electron chi connectivity index (χ1n) is 9.67. The van der Waals surface area contributed by atoms with Crippen LogP contribution in [0.15, 0.2) is 47.4 Å². The molecule has 0 aromatic heterocycles. The Morgan fingerprint density at radius 3 is 2.26 bits per heavy atom. The van der Waals surface area contributed by atoms with Crippen LogP contribution in [0.25, 0.3) is 6.08 Å². The molecule has 0 saturated carbocycles. The lowest BCUT2D eigenvalue weighted by Gasteiger charge is -2.33. The molecule has 164 valence electrons. The third kappa shape index (κ3) is 4.40. The molecule has 2 aliphatic heterocycles. The highest BCUT2D eigenvalue weighted by Crippen LogP contribution is 2.33. The highest BCUT2D eigenvalue weighted by Gasteiger charge is 2.30. The smallest absolute Gasteiger partial charge is 0.246 e. The van der Waals surface area contributed by atoms with E-state index in [1.54, 1.807) is 6.07 Å². The van der Waals surface area contributed by atoms with Crippen molar-refractivity contribution in [3.8, 4) is 11.5 Å². The number of piperazine rings is 1. The van der Waals surface area contributed by atoms with Gasteiger partial charge in [-0.2, -0.15) is 4.31 Å². The zero-order valence-electron chi connectivity index (χ0n) is 16.5. The lowest BCUT2D eigenvalue weighted by molar-refractivity contribution is -0.127. The zero-order valence-corrected chi connectivity index (χ0v) is 17.3. The third-order valence-corrected chi connectivity index (χ3v) is 6.99. The number of amides is 1. The topological polar surface area (TPSA) is 76.2 Å². The van der Waals surface area contributed by atoms with Crippen molar-refractivity contribution in [1.82, 2.24) is 9.21 Å². The van der Waals surface area contributed by atoms with Crippen LogP contribution >= 0.6 is 0 Å². The molecule has 1 amide bonds. The Hall–Kier alpha value is -2.98. The SMILES string of the molecule is O=C(/C=C/c1c(F)cccc1F)N1CCN(S(=O)(=O)c2ccc3c(c2)OCCO3)CC1. The summed E-state index contributed by atoms with van der Waals surface area (Å²) in [5.41, 5.74) is -0.296. The fourth-order valence-corrected chi connectivity index (χ4v) is 4.85. The van der Waals surface area contributed by atoms with Crippen molar-refractivity contribution >= 4 is 22.0 Å².